The molecule has 2 aromatic carbocycles. The van der Waals surface area contributed by atoms with Crippen LogP contribution in [0.15, 0.2) is 54.6 Å². The number of hydrogen-bond donors (Lipinski definition) is 3. The highest BCUT2D eigenvalue weighted by molar-refractivity contribution is 6.08. The van der Waals surface area contributed by atoms with Crippen molar-refractivity contribution in [1.82, 2.24) is 0 Å². The van der Waals surface area contributed by atoms with Crippen molar-refractivity contribution in [2.24, 2.45) is 5.73 Å². The summed E-state index contributed by atoms with van der Waals surface area (Å²) >= 11 is 0. The average Bonchev–Trinajstić information content (AvgIpc) is 2.48. The van der Waals surface area contributed by atoms with Crippen molar-refractivity contribution in [3.8, 4) is 0 Å². The summed E-state index contributed by atoms with van der Waals surface area (Å²) in [5.74, 6) is -0.0383. The summed E-state index contributed by atoms with van der Waals surface area (Å²) in [6.45, 7) is 0. The van der Waals surface area contributed by atoms with Gasteiger partial charge in [0.2, 0.25) is 0 Å². The second kappa shape index (κ2) is 6.43. The molecule has 0 amide bonds. The Bertz CT molecular complexity index is 564. The fraction of sp³-hybridized carbons (Fsp3) is 0.188. The van der Waals surface area contributed by atoms with E-state index in [4.69, 9.17) is 15.9 Å². The molecule has 2 aromatic rings. The van der Waals surface area contributed by atoms with Crippen LogP contribution in [-0.4, -0.2) is 28.3 Å². The molecule has 4 heteroatoms. The van der Waals surface area contributed by atoms with E-state index in [0.717, 1.165) is 5.56 Å². The van der Waals surface area contributed by atoms with Gasteiger partial charge in [-0.1, -0.05) is 54.6 Å². The number of hydrogen-bond acceptors (Lipinski definition) is 4. The molecule has 0 bridgehead atoms. The Morgan fingerprint density at radius 1 is 0.950 bits per heavy atom. The van der Waals surface area contributed by atoms with Gasteiger partial charge in [0.25, 0.3) is 0 Å². The topological polar surface area (TPSA) is 83.6 Å². The minimum atomic E-state index is -1.54. The molecule has 2 rings (SSSR count). The predicted octanol–water partition coefficient (Wildman–Crippen LogP) is 1.10. The number of rotatable bonds is 5. The molecule has 0 aromatic heterocycles. The molecule has 0 aliphatic carbocycles. The summed E-state index contributed by atoms with van der Waals surface area (Å²) in [5, 5.41) is 17.9. The van der Waals surface area contributed by atoms with Gasteiger partial charge in [-0.05, 0) is 12.0 Å². The molecule has 0 spiro atoms. The number of aliphatic hydroxyl groups is 2. The Kier molecular flexibility index (Phi) is 4.63. The van der Waals surface area contributed by atoms with Gasteiger partial charge in [0.05, 0.1) is 6.04 Å². The number of aliphatic hydroxyl groups excluding tert-OH is 1. The maximum absolute atomic E-state index is 12.2. The molecule has 4 N–H and O–H groups in total. The molecule has 0 saturated carbocycles. The number of carbonyl (C=O) groups is 1. The van der Waals surface area contributed by atoms with E-state index in [9.17, 15) is 4.79 Å². The highest BCUT2D eigenvalue weighted by atomic mass is 16.5. The molecular formula is C16H17NO3. The van der Waals surface area contributed by atoms with Gasteiger partial charge in [-0.2, -0.15) is 0 Å². The van der Waals surface area contributed by atoms with Crippen LogP contribution in [0.5, 0.6) is 0 Å². The molecule has 4 nitrogen and oxygen atoms in total. The lowest BCUT2D eigenvalue weighted by Gasteiger charge is -2.13. The fourth-order valence-corrected chi connectivity index (χ4v) is 1.93. The van der Waals surface area contributed by atoms with Gasteiger partial charge in [-0.15, -0.1) is 0 Å². The first-order valence-electron chi connectivity index (χ1n) is 6.38. The number of benzene rings is 2. The Hall–Kier alpha value is -2.01. The van der Waals surface area contributed by atoms with E-state index in [1.807, 2.05) is 18.2 Å². The second-order valence-electron chi connectivity index (χ2n) is 4.67. The largest absolute Gasteiger partial charge is 0.367 e. The van der Waals surface area contributed by atoms with E-state index in [1.165, 1.54) is 0 Å². The third-order valence-corrected chi connectivity index (χ3v) is 3.11. The Labute approximate surface area is 117 Å². The van der Waals surface area contributed by atoms with Crippen molar-refractivity contribution in [2.75, 3.05) is 0 Å². The highest BCUT2D eigenvalue weighted by Crippen LogP contribution is 2.12. The minimum Gasteiger partial charge on any atom is -0.367 e. The van der Waals surface area contributed by atoms with Crippen LogP contribution in [0.1, 0.15) is 21.5 Å². The van der Waals surface area contributed by atoms with Crippen LogP contribution < -0.4 is 5.73 Å². The third-order valence-electron chi connectivity index (χ3n) is 3.11. The summed E-state index contributed by atoms with van der Waals surface area (Å²) < 4.78 is 0. The maximum Gasteiger partial charge on any atom is 0.193 e. The van der Waals surface area contributed by atoms with Crippen molar-refractivity contribution in [3.05, 3.63) is 71.3 Å². The van der Waals surface area contributed by atoms with Crippen LogP contribution in [0.3, 0.4) is 0 Å². The molecule has 1 atom stereocenters. The van der Waals surface area contributed by atoms with Gasteiger partial charge >= 0.3 is 0 Å². The zero-order valence-corrected chi connectivity index (χ0v) is 10.9. The third kappa shape index (κ3) is 3.51. The van der Waals surface area contributed by atoms with E-state index in [2.05, 4.69) is 0 Å². The fourth-order valence-electron chi connectivity index (χ4n) is 1.93. The lowest BCUT2D eigenvalue weighted by atomic mass is 10.00. The summed E-state index contributed by atoms with van der Waals surface area (Å²) in [5.41, 5.74) is 7.66. The quantitative estimate of drug-likeness (QED) is 0.561. The number of carbonyl (C=O) groups excluding carboxylic acids is 1. The molecule has 20 heavy (non-hydrogen) atoms. The Morgan fingerprint density at radius 3 is 2.05 bits per heavy atom. The first-order valence-corrected chi connectivity index (χ1v) is 6.38. The number of ketones is 1. The Balaban J connectivity index is 2.11. The highest BCUT2D eigenvalue weighted by Gasteiger charge is 2.13. The maximum atomic E-state index is 12.2. The lowest BCUT2D eigenvalue weighted by molar-refractivity contribution is -0.0577. The van der Waals surface area contributed by atoms with Gasteiger partial charge in [0.15, 0.2) is 12.1 Å². The van der Waals surface area contributed by atoms with Crippen LogP contribution >= 0.6 is 0 Å². The van der Waals surface area contributed by atoms with E-state index in [1.54, 1.807) is 36.4 Å². The van der Waals surface area contributed by atoms with Crippen LogP contribution in [0.4, 0.5) is 0 Å². The zero-order chi connectivity index (χ0) is 14.5. The normalized spacial score (nSPS) is 12.4. The summed E-state index contributed by atoms with van der Waals surface area (Å²) in [7, 11) is 0. The van der Waals surface area contributed by atoms with E-state index in [0.29, 0.717) is 17.5 Å². The lowest BCUT2D eigenvalue weighted by Crippen LogP contribution is -2.36. The molecule has 0 aliphatic rings. The van der Waals surface area contributed by atoms with Crippen LogP contribution in [0.25, 0.3) is 0 Å². The van der Waals surface area contributed by atoms with E-state index in [-0.39, 0.29) is 5.78 Å². The standard InChI is InChI=1S/C16H17NO3/c17-14(16(19)20)10-11-6-8-13(9-7-11)15(18)12-4-2-1-3-5-12/h1-9,14,16,19-20H,10,17H2/t14-/m0/s1. The molecule has 0 fully saturated rings. The molecule has 0 unspecified atom stereocenters. The van der Waals surface area contributed by atoms with E-state index >= 15 is 0 Å². The smallest absolute Gasteiger partial charge is 0.193 e. The minimum absolute atomic E-state index is 0.0383. The van der Waals surface area contributed by atoms with Crippen molar-refractivity contribution >= 4 is 5.78 Å². The molecule has 0 radical (unpaired) electrons. The zero-order valence-electron chi connectivity index (χ0n) is 10.9. The molecular weight excluding hydrogens is 254 g/mol. The molecule has 0 saturated heterocycles. The first-order chi connectivity index (χ1) is 9.58. The SMILES string of the molecule is N[C@@H](Cc1ccc(C(=O)c2ccccc2)cc1)C(O)O. The van der Waals surface area contributed by atoms with Gasteiger partial charge in [0, 0.05) is 11.1 Å². The molecule has 0 aliphatic heterocycles. The molecule has 104 valence electrons. The summed E-state index contributed by atoms with van der Waals surface area (Å²) in [4.78, 5) is 12.2. The summed E-state index contributed by atoms with van der Waals surface area (Å²) in [6.07, 6.45) is -1.20. The van der Waals surface area contributed by atoms with Crippen molar-refractivity contribution in [3.63, 3.8) is 0 Å². The van der Waals surface area contributed by atoms with Crippen LogP contribution in [0, 0.1) is 0 Å². The predicted molar refractivity (Wildman–Crippen MR) is 76.2 cm³/mol. The van der Waals surface area contributed by atoms with Gasteiger partial charge < -0.3 is 15.9 Å². The molecule has 0 heterocycles. The van der Waals surface area contributed by atoms with E-state index < -0.39 is 12.3 Å². The van der Waals surface area contributed by atoms with Gasteiger partial charge in [0.1, 0.15) is 0 Å². The van der Waals surface area contributed by atoms with Crippen molar-refractivity contribution in [1.29, 1.82) is 0 Å². The van der Waals surface area contributed by atoms with Crippen molar-refractivity contribution < 1.29 is 15.0 Å². The van der Waals surface area contributed by atoms with Crippen LogP contribution in [-0.2, 0) is 6.42 Å². The van der Waals surface area contributed by atoms with Gasteiger partial charge in [-0.3, -0.25) is 4.79 Å². The summed E-state index contributed by atoms with van der Waals surface area (Å²) in [6, 6.07) is 15.3. The number of nitrogens with two attached hydrogens (primary N) is 1. The van der Waals surface area contributed by atoms with Crippen LogP contribution in [0.2, 0.25) is 0 Å². The van der Waals surface area contributed by atoms with Crippen molar-refractivity contribution in [2.45, 2.75) is 18.8 Å². The Morgan fingerprint density at radius 2 is 1.50 bits per heavy atom. The monoisotopic (exact) mass is 271 g/mol. The van der Waals surface area contributed by atoms with Gasteiger partial charge in [-0.25, -0.2) is 0 Å². The second-order valence-corrected chi connectivity index (χ2v) is 4.67. The average molecular weight is 271 g/mol. The first kappa shape index (κ1) is 14.4.